The number of nitrogens with zero attached hydrogens (tertiary/aromatic N) is 1. The molecular weight excluding hydrogens is 312 g/mol. The molecule has 0 fully saturated rings. The van der Waals surface area contributed by atoms with Crippen LogP contribution in [-0.2, 0) is 0 Å². The van der Waals surface area contributed by atoms with Crippen molar-refractivity contribution < 1.29 is 9.47 Å². The first-order valence-electron chi connectivity index (χ1n) is 7.50. The highest BCUT2D eigenvalue weighted by atomic mass is 35.5. The molecule has 0 aromatic heterocycles. The average Bonchev–Trinajstić information content (AvgIpc) is 2.56. The number of ether oxygens (including phenoxy) is 2. The summed E-state index contributed by atoms with van der Waals surface area (Å²) in [5, 5.41) is 4.93. The fraction of sp³-hybridized carbons (Fsp3) is 0.278. The molecule has 4 nitrogen and oxygen atoms in total. The van der Waals surface area contributed by atoms with Crippen LogP contribution in [-0.4, -0.2) is 19.9 Å². The molecule has 0 saturated carbocycles. The second-order valence-corrected chi connectivity index (χ2v) is 5.50. The summed E-state index contributed by atoms with van der Waals surface area (Å²) in [7, 11) is 1.63. The maximum atomic E-state index is 6.09. The highest BCUT2D eigenvalue weighted by molar-refractivity contribution is 6.31. The van der Waals surface area contributed by atoms with Gasteiger partial charge in [-0.25, -0.2) is 0 Å². The van der Waals surface area contributed by atoms with Gasteiger partial charge in [0.05, 0.1) is 25.6 Å². The van der Waals surface area contributed by atoms with Gasteiger partial charge in [0.15, 0.2) is 11.5 Å². The van der Waals surface area contributed by atoms with Crippen molar-refractivity contribution in [2.24, 2.45) is 5.10 Å². The van der Waals surface area contributed by atoms with Gasteiger partial charge < -0.3 is 9.47 Å². The van der Waals surface area contributed by atoms with Crippen LogP contribution in [0.25, 0.3) is 0 Å². The second kappa shape index (κ2) is 8.44. The average molecular weight is 333 g/mol. The van der Waals surface area contributed by atoms with Crippen molar-refractivity contribution in [2.75, 3.05) is 19.1 Å². The highest BCUT2D eigenvalue weighted by Gasteiger charge is 2.04. The summed E-state index contributed by atoms with van der Waals surface area (Å²) in [5.74, 6) is 1.44. The molecule has 2 aromatic carbocycles. The number of rotatable bonds is 7. The Hall–Kier alpha value is -2.20. The lowest BCUT2D eigenvalue weighted by Gasteiger charge is -2.10. The van der Waals surface area contributed by atoms with E-state index in [-0.39, 0.29) is 0 Å². The lowest BCUT2D eigenvalue weighted by Crippen LogP contribution is -1.98. The Balaban J connectivity index is 2.05. The lowest BCUT2D eigenvalue weighted by atomic mass is 10.2. The van der Waals surface area contributed by atoms with E-state index in [2.05, 4.69) is 17.5 Å². The van der Waals surface area contributed by atoms with Crippen LogP contribution in [0.4, 0.5) is 5.69 Å². The first-order valence-corrected chi connectivity index (χ1v) is 7.88. The summed E-state index contributed by atoms with van der Waals surface area (Å²) in [6, 6.07) is 11.4. The van der Waals surface area contributed by atoms with E-state index in [0.29, 0.717) is 17.4 Å². The predicted molar refractivity (Wildman–Crippen MR) is 96.2 cm³/mol. The van der Waals surface area contributed by atoms with E-state index < -0.39 is 0 Å². The van der Waals surface area contributed by atoms with Crippen molar-refractivity contribution in [1.82, 2.24) is 0 Å². The van der Waals surface area contributed by atoms with E-state index in [1.165, 1.54) is 0 Å². The number of benzene rings is 2. The van der Waals surface area contributed by atoms with Gasteiger partial charge in [0, 0.05) is 5.02 Å². The fourth-order valence-corrected chi connectivity index (χ4v) is 2.12. The van der Waals surface area contributed by atoms with Gasteiger partial charge in [-0.15, -0.1) is 0 Å². The molecule has 122 valence electrons. The summed E-state index contributed by atoms with van der Waals surface area (Å²) >= 11 is 6.09. The molecule has 0 aliphatic carbocycles. The van der Waals surface area contributed by atoms with Gasteiger partial charge in [-0.2, -0.15) is 5.10 Å². The third kappa shape index (κ3) is 4.89. The largest absolute Gasteiger partial charge is 0.493 e. The van der Waals surface area contributed by atoms with Crippen molar-refractivity contribution in [1.29, 1.82) is 0 Å². The molecule has 0 saturated heterocycles. The molecule has 0 bridgehead atoms. The number of methoxy groups -OCH3 is 1. The molecule has 0 aliphatic rings. The molecule has 0 heterocycles. The maximum absolute atomic E-state index is 6.09. The third-order valence-electron chi connectivity index (χ3n) is 3.23. The van der Waals surface area contributed by atoms with Crippen molar-refractivity contribution in [3.8, 4) is 11.5 Å². The molecule has 0 amide bonds. The molecule has 0 spiro atoms. The second-order valence-electron chi connectivity index (χ2n) is 5.09. The minimum atomic E-state index is 0.666. The first kappa shape index (κ1) is 17.2. The molecule has 5 heteroatoms. The molecule has 2 rings (SSSR count). The molecule has 0 radical (unpaired) electrons. The van der Waals surface area contributed by atoms with Gasteiger partial charge in [0.1, 0.15) is 0 Å². The van der Waals surface area contributed by atoms with Gasteiger partial charge in [-0.05, 0) is 54.8 Å². The maximum Gasteiger partial charge on any atom is 0.161 e. The first-order chi connectivity index (χ1) is 11.1. The highest BCUT2D eigenvalue weighted by Crippen LogP contribution is 2.27. The number of hydrogen-bond acceptors (Lipinski definition) is 4. The number of hydrogen-bond donors (Lipinski definition) is 1. The van der Waals surface area contributed by atoms with Crippen LogP contribution in [0.15, 0.2) is 41.5 Å². The van der Waals surface area contributed by atoms with Gasteiger partial charge in [-0.3, -0.25) is 5.43 Å². The van der Waals surface area contributed by atoms with E-state index >= 15 is 0 Å². The summed E-state index contributed by atoms with van der Waals surface area (Å²) < 4.78 is 11.0. The SMILES string of the molecule is CCCOc1ccc(/C=N/Nc2ccc(C)c(Cl)c2)cc1OC. The zero-order valence-electron chi connectivity index (χ0n) is 13.6. The van der Waals surface area contributed by atoms with Crippen molar-refractivity contribution in [2.45, 2.75) is 20.3 Å². The van der Waals surface area contributed by atoms with Crippen LogP contribution in [0.2, 0.25) is 5.02 Å². The molecular formula is C18H21ClN2O2. The van der Waals surface area contributed by atoms with Crippen LogP contribution >= 0.6 is 11.6 Å². The summed E-state index contributed by atoms with van der Waals surface area (Å²) in [6.45, 7) is 4.69. The van der Waals surface area contributed by atoms with Gasteiger partial charge >= 0.3 is 0 Å². The zero-order chi connectivity index (χ0) is 16.7. The third-order valence-corrected chi connectivity index (χ3v) is 3.64. The normalized spacial score (nSPS) is 10.8. The Labute approximate surface area is 142 Å². The molecule has 0 aliphatic heterocycles. The van der Waals surface area contributed by atoms with E-state index in [1.807, 2.05) is 43.3 Å². The van der Waals surface area contributed by atoms with E-state index in [9.17, 15) is 0 Å². The minimum absolute atomic E-state index is 0.666. The van der Waals surface area contributed by atoms with Gasteiger partial charge in [0.2, 0.25) is 0 Å². The lowest BCUT2D eigenvalue weighted by molar-refractivity contribution is 0.294. The summed E-state index contributed by atoms with van der Waals surface area (Å²) in [6.07, 6.45) is 2.68. The Morgan fingerprint density at radius 2 is 2.00 bits per heavy atom. The Bertz CT molecular complexity index is 687. The quantitative estimate of drug-likeness (QED) is 0.579. The number of nitrogens with one attached hydrogen (secondary N) is 1. The molecule has 0 atom stereocenters. The van der Waals surface area contributed by atoms with E-state index in [4.69, 9.17) is 21.1 Å². The van der Waals surface area contributed by atoms with Crippen molar-refractivity contribution in [3.63, 3.8) is 0 Å². The molecule has 2 aromatic rings. The van der Waals surface area contributed by atoms with Crippen LogP contribution < -0.4 is 14.9 Å². The van der Waals surface area contributed by atoms with Gasteiger partial charge in [-0.1, -0.05) is 24.6 Å². The smallest absolute Gasteiger partial charge is 0.161 e. The van der Waals surface area contributed by atoms with Crippen LogP contribution in [0.5, 0.6) is 11.5 Å². The summed E-state index contributed by atoms with van der Waals surface area (Å²) in [5.41, 5.74) is 5.75. The van der Waals surface area contributed by atoms with Gasteiger partial charge in [0.25, 0.3) is 0 Å². The zero-order valence-corrected chi connectivity index (χ0v) is 14.4. The minimum Gasteiger partial charge on any atom is -0.493 e. The number of aryl methyl sites for hydroxylation is 1. The standard InChI is InChI=1S/C18H21ClN2O2/c1-4-9-23-17-8-6-14(10-18(17)22-3)12-20-21-15-7-5-13(2)16(19)11-15/h5-8,10-12,21H,4,9H2,1-3H3/b20-12+. The van der Waals surface area contributed by atoms with Crippen molar-refractivity contribution in [3.05, 3.63) is 52.5 Å². The van der Waals surface area contributed by atoms with Crippen LogP contribution in [0.1, 0.15) is 24.5 Å². The molecule has 0 unspecified atom stereocenters. The topological polar surface area (TPSA) is 42.8 Å². The molecule has 1 N–H and O–H groups in total. The number of hydrazone groups is 1. The Morgan fingerprint density at radius 1 is 1.17 bits per heavy atom. The van der Waals surface area contributed by atoms with Crippen LogP contribution in [0.3, 0.4) is 0 Å². The van der Waals surface area contributed by atoms with Crippen LogP contribution in [0, 0.1) is 6.92 Å². The fourth-order valence-electron chi connectivity index (χ4n) is 1.94. The monoisotopic (exact) mass is 332 g/mol. The Morgan fingerprint density at radius 3 is 2.70 bits per heavy atom. The summed E-state index contributed by atoms with van der Waals surface area (Å²) in [4.78, 5) is 0. The Kier molecular flexibility index (Phi) is 6.29. The van der Waals surface area contributed by atoms with Crippen molar-refractivity contribution >= 4 is 23.5 Å². The number of anilines is 1. The molecule has 23 heavy (non-hydrogen) atoms. The van der Waals surface area contributed by atoms with E-state index in [1.54, 1.807) is 13.3 Å². The van der Waals surface area contributed by atoms with E-state index in [0.717, 1.165) is 29.0 Å². The number of halogens is 1. The predicted octanol–water partition coefficient (Wildman–Crippen LogP) is 4.89.